The van der Waals surface area contributed by atoms with Crippen molar-refractivity contribution in [2.75, 3.05) is 7.11 Å². The second kappa shape index (κ2) is 8.22. The SMILES string of the molecule is COCc1cc(-c2nc(-c3ccc(C(N)=O)c(C)c3)no2)ccc1OC(C)C. The standard InChI is InChI=1S/C21H23N3O4/c1-12(2)27-18-8-6-15(10-16(18)11-26-4)21-23-20(24-28-21)14-5-7-17(19(22)25)13(3)9-14/h5-10,12H,11H2,1-4H3,(H2,22,25). The molecule has 0 saturated carbocycles. The highest BCUT2D eigenvalue weighted by Crippen LogP contribution is 2.29. The highest BCUT2D eigenvalue weighted by molar-refractivity contribution is 5.94. The molecule has 0 unspecified atom stereocenters. The maximum Gasteiger partial charge on any atom is 0.258 e. The molecule has 0 bridgehead atoms. The first-order valence-corrected chi connectivity index (χ1v) is 8.92. The number of nitrogens with zero attached hydrogens (tertiary/aromatic N) is 2. The fourth-order valence-corrected chi connectivity index (χ4v) is 2.89. The lowest BCUT2D eigenvalue weighted by atomic mass is 10.0. The Labute approximate surface area is 163 Å². The number of benzene rings is 2. The van der Waals surface area contributed by atoms with Crippen molar-refractivity contribution < 1.29 is 18.8 Å². The molecule has 28 heavy (non-hydrogen) atoms. The van der Waals surface area contributed by atoms with E-state index in [4.69, 9.17) is 19.7 Å². The number of aromatic nitrogens is 2. The van der Waals surface area contributed by atoms with Crippen LogP contribution < -0.4 is 10.5 Å². The van der Waals surface area contributed by atoms with Gasteiger partial charge < -0.3 is 19.7 Å². The summed E-state index contributed by atoms with van der Waals surface area (Å²) in [5, 5.41) is 4.06. The number of carbonyl (C=O) groups excluding carboxylic acids is 1. The molecule has 0 aliphatic rings. The van der Waals surface area contributed by atoms with Crippen LogP contribution in [0.25, 0.3) is 22.8 Å². The van der Waals surface area contributed by atoms with Gasteiger partial charge in [-0.25, -0.2) is 0 Å². The molecule has 146 valence electrons. The van der Waals surface area contributed by atoms with Crippen molar-refractivity contribution >= 4 is 5.91 Å². The van der Waals surface area contributed by atoms with Crippen molar-refractivity contribution in [3.8, 4) is 28.6 Å². The molecule has 2 N–H and O–H groups in total. The summed E-state index contributed by atoms with van der Waals surface area (Å²) in [5.41, 5.74) is 9.00. The maximum absolute atomic E-state index is 11.4. The van der Waals surface area contributed by atoms with Crippen LogP contribution in [-0.2, 0) is 11.3 Å². The summed E-state index contributed by atoms with van der Waals surface area (Å²) in [7, 11) is 1.63. The number of nitrogens with two attached hydrogens (primary N) is 1. The third kappa shape index (κ3) is 4.20. The summed E-state index contributed by atoms with van der Waals surface area (Å²) in [6, 6.07) is 10.9. The third-order valence-corrected chi connectivity index (χ3v) is 4.15. The fraction of sp³-hybridized carbons (Fsp3) is 0.286. The van der Waals surface area contributed by atoms with Crippen LogP contribution >= 0.6 is 0 Å². The molecule has 0 fully saturated rings. The van der Waals surface area contributed by atoms with Crippen molar-refractivity contribution in [3.05, 3.63) is 53.1 Å². The lowest BCUT2D eigenvalue weighted by molar-refractivity contribution is 0.0999. The quantitative estimate of drug-likeness (QED) is 0.669. The van der Waals surface area contributed by atoms with E-state index in [9.17, 15) is 4.79 Å². The van der Waals surface area contributed by atoms with Crippen LogP contribution in [0.4, 0.5) is 0 Å². The normalized spacial score (nSPS) is 11.0. The Balaban J connectivity index is 1.92. The monoisotopic (exact) mass is 381 g/mol. The van der Waals surface area contributed by atoms with Crippen LogP contribution in [0, 0.1) is 6.92 Å². The van der Waals surface area contributed by atoms with Crippen LogP contribution in [-0.4, -0.2) is 29.3 Å². The van der Waals surface area contributed by atoms with E-state index in [0.29, 0.717) is 23.9 Å². The topological polar surface area (TPSA) is 100 Å². The molecule has 1 amide bonds. The van der Waals surface area contributed by atoms with E-state index >= 15 is 0 Å². The Bertz CT molecular complexity index is 995. The molecule has 3 rings (SSSR count). The number of methoxy groups -OCH3 is 1. The van der Waals surface area contributed by atoms with Gasteiger partial charge >= 0.3 is 0 Å². The van der Waals surface area contributed by atoms with Gasteiger partial charge in [0.2, 0.25) is 11.7 Å². The van der Waals surface area contributed by atoms with Gasteiger partial charge in [-0.05, 0) is 56.7 Å². The molecule has 3 aromatic rings. The molecule has 1 aromatic heterocycles. The zero-order valence-electron chi connectivity index (χ0n) is 16.4. The number of ether oxygens (including phenoxy) is 2. The van der Waals surface area contributed by atoms with Crippen molar-refractivity contribution in [1.29, 1.82) is 0 Å². The number of rotatable bonds is 7. The van der Waals surface area contributed by atoms with Gasteiger partial charge in [0.15, 0.2) is 0 Å². The van der Waals surface area contributed by atoms with Crippen molar-refractivity contribution in [2.45, 2.75) is 33.5 Å². The van der Waals surface area contributed by atoms with E-state index in [1.54, 1.807) is 19.2 Å². The number of hydrogen-bond acceptors (Lipinski definition) is 6. The van der Waals surface area contributed by atoms with Crippen molar-refractivity contribution in [1.82, 2.24) is 10.1 Å². The van der Waals surface area contributed by atoms with E-state index in [1.165, 1.54) is 0 Å². The Morgan fingerprint density at radius 3 is 2.57 bits per heavy atom. The Hall–Kier alpha value is -3.19. The zero-order valence-corrected chi connectivity index (χ0v) is 16.4. The van der Waals surface area contributed by atoms with Crippen molar-refractivity contribution in [3.63, 3.8) is 0 Å². The van der Waals surface area contributed by atoms with Gasteiger partial charge in [0.25, 0.3) is 5.89 Å². The third-order valence-electron chi connectivity index (χ3n) is 4.15. The molecule has 0 aliphatic heterocycles. The van der Waals surface area contributed by atoms with Gasteiger partial charge in [-0.2, -0.15) is 4.98 Å². The van der Waals surface area contributed by atoms with E-state index < -0.39 is 5.91 Å². The number of primary amides is 1. The fourth-order valence-electron chi connectivity index (χ4n) is 2.89. The second-order valence-corrected chi connectivity index (χ2v) is 6.74. The molecule has 0 spiro atoms. The number of amides is 1. The summed E-state index contributed by atoms with van der Waals surface area (Å²) in [5.74, 6) is 1.12. The summed E-state index contributed by atoms with van der Waals surface area (Å²) >= 11 is 0. The van der Waals surface area contributed by atoms with Gasteiger partial charge in [0.1, 0.15) is 5.75 Å². The van der Waals surface area contributed by atoms with Crippen molar-refractivity contribution in [2.24, 2.45) is 5.73 Å². The second-order valence-electron chi connectivity index (χ2n) is 6.74. The molecule has 0 radical (unpaired) electrons. The van der Waals surface area contributed by atoms with E-state index in [2.05, 4.69) is 10.1 Å². The van der Waals surface area contributed by atoms with Crippen LogP contribution in [0.15, 0.2) is 40.9 Å². The lowest BCUT2D eigenvalue weighted by Gasteiger charge is -2.14. The molecule has 0 saturated heterocycles. The number of hydrogen-bond donors (Lipinski definition) is 1. The Morgan fingerprint density at radius 2 is 1.93 bits per heavy atom. The first-order valence-electron chi connectivity index (χ1n) is 8.92. The minimum atomic E-state index is -0.466. The minimum Gasteiger partial charge on any atom is -0.491 e. The molecule has 7 heteroatoms. The smallest absolute Gasteiger partial charge is 0.258 e. The molecule has 1 heterocycles. The molecule has 0 atom stereocenters. The van der Waals surface area contributed by atoms with Crippen LogP contribution in [0.5, 0.6) is 5.75 Å². The van der Waals surface area contributed by atoms with Crippen LogP contribution in [0.3, 0.4) is 0 Å². The van der Waals surface area contributed by atoms with E-state index in [0.717, 1.165) is 28.0 Å². The van der Waals surface area contributed by atoms with Crippen LogP contribution in [0.1, 0.15) is 35.3 Å². The van der Waals surface area contributed by atoms with Gasteiger partial charge in [0, 0.05) is 29.4 Å². The summed E-state index contributed by atoms with van der Waals surface area (Å²) in [4.78, 5) is 15.9. The predicted molar refractivity (Wildman–Crippen MR) is 105 cm³/mol. The largest absolute Gasteiger partial charge is 0.491 e. The number of aryl methyl sites for hydroxylation is 1. The first kappa shape index (κ1) is 19.6. The zero-order chi connectivity index (χ0) is 20.3. The summed E-state index contributed by atoms with van der Waals surface area (Å²) < 4.78 is 16.5. The molecule has 2 aromatic carbocycles. The maximum atomic E-state index is 11.4. The van der Waals surface area contributed by atoms with E-state index in [1.807, 2.05) is 45.0 Å². The Kier molecular flexibility index (Phi) is 5.75. The molecular formula is C21H23N3O4. The number of carbonyl (C=O) groups is 1. The first-order chi connectivity index (χ1) is 13.4. The average molecular weight is 381 g/mol. The highest BCUT2D eigenvalue weighted by Gasteiger charge is 2.15. The molecule has 0 aliphatic carbocycles. The van der Waals surface area contributed by atoms with Gasteiger partial charge in [0.05, 0.1) is 12.7 Å². The Morgan fingerprint density at radius 1 is 1.18 bits per heavy atom. The average Bonchev–Trinajstić information content (AvgIpc) is 3.12. The van der Waals surface area contributed by atoms with Gasteiger partial charge in [-0.1, -0.05) is 11.2 Å². The lowest BCUT2D eigenvalue weighted by Crippen LogP contribution is -2.12. The molecule has 7 nitrogen and oxygen atoms in total. The summed E-state index contributed by atoms with van der Waals surface area (Å²) in [6.07, 6.45) is 0.0584. The molecular weight excluding hydrogens is 358 g/mol. The van der Waals surface area contributed by atoms with Gasteiger partial charge in [-0.3, -0.25) is 4.79 Å². The predicted octanol–water partition coefficient (Wildman–Crippen LogP) is 3.74. The highest BCUT2D eigenvalue weighted by atomic mass is 16.5. The minimum absolute atomic E-state index is 0.0584. The van der Waals surface area contributed by atoms with E-state index in [-0.39, 0.29) is 6.10 Å². The summed E-state index contributed by atoms with van der Waals surface area (Å²) in [6.45, 7) is 6.17. The van der Waals surface area contributed by atoms with Crippen LogP contribution in [0.2, 0.25) is 0 Å². The van der Waals surface area contributed by atoms with Gasteiger partial charge in [-0.15, -0.1) is 0 Å².